The first-order chi connectivity index (χ1) is 10.6. The second-order valence-electron chi connectivity index (χ2n) is 6.65. The summed E-state index contributed by atoms with van der Waals surface area (Å²) < 4.78 is 26.0. The smallest absolute Gasteiger partial charge is 0.240 e. The van der Waals surface area contributed by atoms with Gasteiger partial charge in [-0.15, -0.1) is 0 Å². The van der Waals surface area contributed by atoms with Gasteiger partial charge in [0.05, 0.1) is 11.7 Å². The molecule has 1 rings (SSSR count). The van der Waals surface area contributed by atoms with Crippen LogP contribution in [0.2, 0.25) is 0 Å². The molecule has 1 aromatic carbocycles. The molecule has 0 unspecified atom stereocenters. The molecule has 0 heterocycles. The van der Waals surface area contributed by atoms with E-state index in [0.717, 1.165) is 12.0 Å². The van der Waals surface area contributed by atoms with Gasteiger partial charge in [0.1, 0.15) is 0 Å². The highest BCUT2D eigenvalue weighted by Gasteiger charge is 2.21. The fourth-order valence-corrected chi connectivity index (χ4v) is 3.35. The van der Waals surface area contributed by atoms with Crippen molar-refractivity contribution in [3.63, 3.8) is 0 Å². The number of amides is 1. The molecule has 0 aliphatic rings. The summed E-state index contributed by atoms with van der Waals surface area (Å²) in [6.45, 7) is 6.40. The molecule has 1 aromatic rings. The third-order valence-electron chi connectivity index (χ3n) is 3.58. The van der Waals surface area contributed by atoms with E-state index in [-0.39, 0.29) is 5.75 Å². The standard InChI is InChI=1S/C17H28N2O3S/c1-13(2)12-15-6-8-16(9-7-15)14(3)17(20)18-23(21,22)11-10-19(4)5/h6-9,13-14H,10-12H2,1-5H3,(H,18,20)/t14-/m1/s1. The molecule has 0 aliphatic carbocycles. The maximum absolute atomic E-state index is 12.2. The van der Waals surface area contributed by atoms with Crippen molar-refractivity contribution in [2.45, 2.75) is 33.1 Å². The van der Waals surface area contributed by atoms with Crippen LogP contribution in [0.3, 0.4) is 0 Å². The van der Waals surface area contributed by atoms with E-state index in [1.807, 2.05) is 24.3 Å². The van der Waals surface area contributed by atoms with Crippen LogP contribution in [0.1, 0.15) is 37.8 Å². The van der Waals surface area contributed by atoms with Gasteiger partial charge in [0.15, 0.2) is 0 Å². The Kier molecular flexibility index (Phi) is 7.22. The van der Waals surface area contributed by atoms with E-state index in [0.29, 0.717) is 12.5 Å². The third-order valence-corrected chi connectivity index (χ3v) is 4.81. The third kappa shape index (κ3) is 7.14. The van der Waals surface area contributed by atoms with Crippen LogP contribution in [0, 0.1) is 5.92 Å². The molecule has 0 saturated carbocycles. The van der Waals surface area contributed by atoms with E-state index >= 15 is 0 Å². The molecule has 5 nitrogen and oxygen atoms in total. The predicted octanol–water partition coefficient (Wildman–Crippen LogP) is 2.00. The molecule has 23 heavy (non-hydrogen) atoms. The molecule has 0 spiro atoms. The second-order valence-corrected chi connectivity index (χ2v) is 8.49. The van der Waals surface area contributed by atoms with Crippen molar-refractivity contribution < 1.29 is 13.2 Å². The first-order valence-electron chi connectivity index (χ1n) is 7.88. The topological polar surface area (TPSA) is 66.5 Å². The Morgan fingerprint density at radius 1 is 1.13 bits per heavy atom. The van der Waals surface area contributed by atoms with Gasteiger partial charge in [0, 0.05) is 6.54 Å². The average Bonchev–Trinajstić information content (AvgIpc) is 2.44. The molecule has 1 amide bonds. The number of nitrogens with zero attached hydrogens (tertiary/aromatic N) is 1. The van der Waals surface area contributed by atoms with Crippen molar-refractivity contribution in [2.24, 2.45) is 5.92 Å². The van der Waals surface area contributed by atoms with Crippen molar-refractivity contribution in [1.82, 2.24) is 9.62 Å². The van der Waals surface area contributed by atoms with Gasteiger partial charge < -0.3 is 4.90 Å². The molecule has 0 aliphatic heterocycles. The molecular formula is C17H28N2O3S. The van der Waals surface area contributed by atoms with E-state index < -0.39 is 21.8 Å². The van der Waals surface area contributed by atoms with Gasteiger partial charge in [-0.1, -0.05) is 38.1 Å². The lowest BCUT2D eigenvalue weighted by Crippen LogP contribution is -2.37. The largest absolute Gasteiger partial charge is 0.308 e. The van der Waals surface area contributed by atoms with Crippen molar-refractivity contribution >= 4 is 15.9 Å². The fraction of sp³-hybridized carbons (Fsp3) is 0.588. The van der Waals surface area contributed by atoms with E-state index in [1.165, 1.54) is 5.56 Å². The van der Waals surface area contributed by atoms with Crippen LogP contribution >= 0.6 is 0 Å². The van der Waals surface area contributed by atoms with Crippen LogP contribution in [-0.2, 0) is 21.2 Å². The Balaban J connectivity index is 2.69. The molecule has 1 N–H and O–H groups in total. The van der Waals surface area contributed by atoms with Crippen LogP contribution in [-0.4, -0.2) is 45.6 Å². The van der Waals surface area contributed by atoms with Crippen molar-refractivity contribution in [1.29, 1.82) is 0 Å². The molecule has 130 valence electrons. The summed E-state index contributed by atoms with van der Waals surface area (Å²) in [5.74, 6) is -0.507. The SMILES string of the molecule is CC(C)Cc1ccc([C@@H](C)C(=O)NS(=O)(=O)CCN(C)C)cc1. The lowest BCUT2D eigenvalue weighted by Gasteiger charge is -2.15. The van der Waals surface area contributed by atoms with Gasteiger partial charge in [-0.05, 0) is 44.5 Å². The number of carbonyl (C=O) groups is 1. The van der Waals surface area contributed by atoms with Crippen molar-refractivity contribution in [2.75, 3.05) is 26.4 Å². The van der Waals surface area contributed by atoms with Crippen LogP contribution in [0.5, 0.6) is 0 Å². The molecule has 6 heteroatoms. The fourth-order valence-electron chi connectivity index (χ4n) is 2.16. The van der Waals surface area contributed by atoms with Crippen LogP contribution in [0.25, 0.3) is 0 Å². The van der Waals surface area contributed by atoms with E-state index in [2.05, 4.69) is 18.6 Å². The maximum Gasteiger partial charge on any atom is 0.240 e. The minimum Gasteiger partial charge on any atom is -0.308 e. The molecule has 1 atom stereocenters. The predicted molar refractivity (Wildman–Crippen MR) is 93.9 cm³/mol. The first kappa shape index (κ1) is 19.6. The molecule has 0 saturated heterocycles. The minimum atomic E-state index is -3.59. The highest BCUT2D eigenvalue weighted by Crippen LogP contribution is 2.18. The number of carbonyl (C=O) groups excluding carboxylic acids is 1. The highest BCUT2D eigenvalue weighted by atomic mass is 32.2. The lowest BCUT2D eigenvalue weighted by molar-refractivity contribution is -0.120. The van der Waals surface area contributed by atoms with E-state index in [9.17, 15) is 13.2 Å². The van der Waals surface area contributed by atoms with Crippen LogP contribution in [0.4, 0.5) is 0 Å². The number of sulfonamides is 1. The summed E-state index contributed by atoms with van der Waals surface area (Å²) in [7, 11) is -0.0135. The number of rotatable bonds is 8. The maximum atomic E-state index is 12.2. The average molecular weight is 340 g/mol. The van der Waals surface area contributed by atoms with Gasteiger partial charge in [-0.2, -0.15) is 0 Å². The summed E-state index contributed by atoms with van der Waals surface area (Å²) in [6, 6.07) is 7.79. The van der Waals surface area contributed by atoms with Gasteiger partial charge in [-0.25, -0.2) is 8.42 Å². The van der Waals surface area contributed by atoms with Crippen molar-refractivity contribution in [3.05, 3.63) is 35.4 Å². The zero-order valence-electron chi connectivity index (χ0n) is 14.7. The quantitative estimate of drug-likeness (QED) is 0.786. The highest BCUT2D eigenvalue weighted by molar-refractivity contribution is 7.90. The van der Waals surface area contributed by atoms with Crippen molar-refractivity contribution in [3.8, 4) is 0 Å². The van der Waals surface area contributed by atoms with E-state index in [1.54, 1.807) is 25.9 Å². The molecule has 0 radical (unpaired) electrons. The number of hydrogen-bond acceptors (Lipinski definition) is 4. The zero-order valence-corrected chi connectivity index (χ0v) is 15.5. The van der Waals surface area contributed by atoms with Gasteiger partial charge >= 0.3 is 0 Å². The normalized spacial score (nSPS) is 13.3. The summed E-state index contributed by atoms with van der Waals surface area (Å²) >= 11 is 0. The Labute approximate surface area is 140 Å². The monoisotopic (exact) mass is 340 g/mol. The van der Waals surface area contributed by atoms with Crippen LogP contribution in [0.15, 0.2) is 24.3 Å². The summed E-state index contributed by atoms with van der Waals surface area (Å²) in [4.78, 5) is 13.9. The van der Waals surface area contributed by atoms with Gasteiger partial charge in [0.25, 0.3) is 0 Å². The molecular weight excluding hydrogens is 312 g/mol. The van der Waals surface area contributed by atoms with Gasteiger partial charge in [0.2, 0.25) is 15.9 Å². The van der Waals surface area contributed by atoms with Crippen LogP contribution < -0.4 is 4.72 Å². The minimum absolute atomic E-state index is 0.0915. The van der Waals surface area contributed by atoms with Gasteiger partial charge in [-0.3, -0.25) is 9.52 Å². The number of nitrogens with one attached hydrogen (secondary N) is 1. The molecule has 0 bridgehead atoms. The Bertz CT molecular complexity index is 607. The molecule has 0 fully saturated rings. The van der Waals surface area contributed by atoms with E-state index in [4.69, 9.17) is 0 Å². The summed E-state index contributed by atoms with van der Waals surface area (Å²) in [6.07, 6.45) is 0.986. The Morgan fingerprint density at radius 2 is 1.70 bits per heavy atom. The summed E-state index contributed by atoms with van der Waals surface area (Å²) in [5, 5.41) is 0. The Morgan fingerprint density at radius 3 is 2.17 bits per heavy atom. The number of hydrogen-bond donors (Lipinski definition) is 1. The molecule has 0 aromatic heterocycles. The summed E-state index contributed by atoms with van der Waals surface area (Å²) in [5.41, 5.74) is 2.03. The number of benzene rings is 1. The second kappa shape index (κ2) is 8.45. The zero-order chi connectivity index (χ0) is 17.6. The Hall–Kier alpha value is -1.40. The lowest BCUT2D eigenvalue weighted by atomic mass is 9.96. The first-order valence-corrected chi connectivity index (χ1v) is 9.54.